The summed E-state index contributed by atoms with van der Waals surface area (Å²) in [5.74, 6) is -2.37. The van der Waals surface area contributed by atoms with Crippen molar-refractivity contribution in [3.8, 4) is 0 Å². The van der Waals surface area contributed by atoms with E-state index in [4.69, 9.17) is 97.9 Å². The summed E-state index contributed by atoms with van der Waals surface area (Å²) in [5, 5.41) is 10.6. The standard InChI is InChI=1S/C21H16Cl4N2O3.C13H17NO2.C8HCl4NO2/c1-10(12-5-3-2-4-6-12)26-8-11(7-13(26)28)9-27-20(29)14-15(21(27)30)17(23)19(25)18(24)16(14)22;1-10(12-5-3-2-4-6-12)14-8-11(9-15)7-13(14)16;9-3-1-2(8(15)13-7(1)14)4(10)6(12)5(3)11/h2-6,10-11H,7-9H2,1H3;2-6,10-11,15H,7-9H2,1H3;(H,13,14,15)/t2*10-,11-;/m11./s1. The highest BCUT2D eigenvalue weighted by Gasteiger charge is 2.44. The summed E-state index contributed by atoms with van der Waals surface area (Å²) < 4.78 is 0. The maximum Gasteiger partial charge on any atom is 0.263 e. The topological polar surface area (TPSA) is 144 Å². The lowest BCUT2D eigenvalue weighted by molar-refractivity contribution is -0.130. The van der Waals surface area contributed by atoms with E-state index in [-0.39, 0.29) is 118 Å². The van der Waals surface area contributed by atoms with Gasteiger partial charge in [0, 0.05) is 50.9 Å². The van der Waals surface area contributed by atoms with Gasteiger partial charge in [0.15, 0.2) is 0 Å². The van der Waals surface area contributed by atoms with Crippen LogP contribution in [0.2, 0.25) is 40.2 Å². The summed E-state index contributed by atoms with van der Waals surface area (Å²) in [6.45, 7) is 5.28. The predicted molar refractivity (Wildman–Crippen MR) is 237 cm³/mol. The molecule has 4 heterocycles. The van der Waals surface area contributed by atoms with Crippen LogP contribution in [0.25, 0.3) is 0 Å². The second-order valence-electron chi connectivity index (χ2n) is 14.6. The summed E-state index contributed by atoms with van der Waals surface area (Å²) in [6, 6.07) is 19.7. The Kier molecular flexibility index (Phi) is 14.9. The highest BCUT2D eigenvalue weighted by molar-refractivity contribution is 6.56. The molecule has 19 heteroatoms. The summed E-state index contributed by atoms with van der Waals surface area (Å²) in [7, 11) is 0. The molecule has 6 amide bonds. The van der Waals surface area contributed by atoms with Crippen LogP contribution >= 0.6 is 92.8 Å². The molecule has 2 N–H and O–H groups in total. The minimum absolute atomic E-state index is 0.0184. The molecule has 4 aliphatic rings. The zero-order valence-corrected chi connectivity index (χ0v) is 38.1. The Morgan fingerprint density at radius 2 is 0.885 bits per heavy atom. The first-order chi connectivity index (χ1) is 28.9. The molecule has 2 fully saturated rings. The van der Waals surface area contributed by atoms with Gasteiger partial charge in [0.1, 0.15) is 0 Å². The van der Waals surface area contributed by atoms with Crippen molar-refractivity contribution in [2.24, 2.45) is 11.8 Å². The number of hydrogen-bond acceptors (Lipinski definition) is 7. The highest BCUT2D eigenvalue weighted by Crippen LogP contribution is 2.46. The van der Waals surface area contributed by atoms with E-state index in [0.717, 1.165) is 16.0 Å². The fraction of sp³-hybridized carbons (Fsp3) is 0.286. The lowest BCUT2D eigenvalue weighted by atomic mass is 10.1. The van der Waals surface area contributed by atoms with Crippen LogP contribution in [0.3, 0.4) is 0 Å². The van der Waals surface area contributed by atoms with Crippen molar-refractivity contribution in [1.82, 2.24) is 20.0 Å². The van der Waals surface area contributed by atoms with Crippen LogP contribution in [0.4, 0.5) is 0 Å². The number of nitrogens with one attached hydrogen (secondary N) is 1. The number of nitrogens with zero attached hydrogens (tertiary/aromatic N) is 3. The van der Waals surface area contributed by atoms with Crippen LogP contribution in [0, 0.1) is 11.8 Å². The minimum Gasteiger partial charge on any atom is -0.396 e. The third-order valence-electron chi connectivity index (χ3n) is 10.8. The lowest BCUT2D eigenvalue weighted by Crippen LogP contribution is -2.36. The van der Waals surface area contributed by atoms with Gasteiger partial charge in [-0.2, -0.15) is 0 Å². The van der Waals surface area contributed by atoms with Crippen LogP contribution in [-0.4, -0.2) is 81.5 Å². The van der Waals surface area contributed by atoms with Crippen LogP contribution < -0.4 is 5.32 Å². The third-order valence-corrected chi connectivity index (χ3v) is 14.4. The summed E-state index contributed by atoms with van der Waals surface area (Å²) in [6.07, 6.45) is 0.723. The first-order valence-corrected chi connectivity index (χ1v) is 21.6. The molecular formula is C42H34Cl8N4O7. The Bertz CT molecular complexity index is 2370. The summed E-state index contributed by atoms with van der Waals surface area (Å²) in [4.78, 5) is 77.6. The maximum absolute atomic E-state index is 12.9. The molecule has 0 spiro atoms. The number of imide groups is 2. The molecule has 2 saturated heterocycles. The summed E-state index contributed by atoms with van der Waals surface area (Å²) in [5.41, 5.74) is 2.03. The van der Waals surface area contributed by atoms with E-state index in [2.05, 4.69) is 5.32 Å². The van der Waals surface area contributed by atoms with Gasteiger partial charge in [0.05, 0.1) is 74.5 Å². The van der Waals surface area contributed by atoms with Gasteiger partial charge >= 0.3 is 0 Å². The van der Waals surface area contributed by atoms with Gasteiger partial charge in [-0.05, 0) is 25.0 Å². The zero-order valence-electron chi connectivity index (χ0n) is 32.1. The van der Waals surface area contributed by atoms with Crippen LogP contribution in [-0.2, 0) is 9.59 Å². The lowest BCUT2D eigenvalue weighted by Gasteiger charge is -2.26. The van der Waals surface area contributed by atoms with Crippen molar-refractivity contribution < 1.29 is 33.9 Å². The first kappa shape index (κ1) is 46.9. The van der Waals surface area contributed by atoms with Gasteiger partial charge in [0.2, 0.25) is 11.8 Å². The Balaban J connectivity index is 0.000000169. The van der Waals surface area contributed by atoms with Crippen molar-refractivity contribution in [3.63, 3.8) is 0 Å². The van der Waals surface area contributed by atoms with E-state index in [9.17, 15) is 28.8 Å². The molecule has 0 radical (unpaired) electrons. The number of hydrogen-bond donors (Lipinski definition) is 2. The number of benzene rings is 4. The van der Waals surface area contributed by atoms with Crippen molar-refractivity contribution in [2.45, 2.75) is 38.8 Å². The Labute approximate surface area is 390 Å². The molecule has 4 aliphatic heterocycles. The number of carbonyl (C=O) groups is 6. The molecule has 320 valence electrons. The fourth-order valence-electron chi connectivity index (χ4n) is 7.54. The van der Waals surface area contributed by atoms with Gasteiger partial charge in [-0.1, -0.05) is 153 Å². The van der Waals surface area contributed by atoms with Gasteiger partial charge < -0.3 is 14.9 Å². The molecule has 4 aromatic carbocycles. The van der Waals surface area contributed by atoms with E-state index in [1.165, 1.54) is 0 Å². The molecule has 0 aliphatic carbocycles. The molecular weight excluding hydrogens is 956 g/mol. The largest absolute Gasteiger partial charge is 0.396 e. The van der Waals surface area contributed by atoms with Crippen molar-refractivity contribution >= 4 is 128 Å². The van der Waals surface area contributed by atoms with Crippen LogP contribution in [0.1, 0.15) is 91.3 Å². The van der Waals surface area contributed by atoms with E-state index < -0.39 is 23.6 Å². The van der Waals surface area contributed by atoms with Gasteiger partial charge in [-0.15, -0.1) is 0 Å². The molecule has 4 atom stereocenters. The van der Waals surface area contributed by atoms with Crippen molar-refractivity contribution in [3.05, 3.63) is 134 Å². The number of amides is 6. The van der Waals surface area contributed by atoms with E-state index >= 15 is 0 Å². The molecule has 0 bridgehead atoms. The highest BCUT2D eigenvalue weighted by atomic mass is 35.5. The Hall–Kier alpha value is -3.62. The smallest absolute Gasteiger partial charge is 0.263 e. The molecule has 8 rings (SSSR count). The second-order valence-corrected chi connectivity index (χ2v) is 17.6. The maximum atomic E-state index is 12.9. The minimum atomic E-state index is -0.625. The Morgan fingerprint density at radius 3 is 1.25 bits per heavy atom. The molecule has 61 heavy (non-hydrogen) atoms. The quantitative estimate of drug-likeness (QED) is 0.107. The van der Waals surface area contributed by atoms with E-state index in [0.29, 0.717) is 19.5 Å². The molecule has 4 aromatic rings. The Morgan fingerprint density at radius 1 is 0.541 bits per heavy atom. The monoisotopic (exact) mass is 986 g/mol. The molecule has 0 unspecified atom stereocenters. The van der Waals surface area contributed by atoms with Gasteiger partial charge in [0.25, 0.3) is 23.6 Å². The molecule has 11 nitrogen and oxygen atoms in total. The van der Waals surface area contributed by atoms with E-state index in [1.807, 2.05) is 79.4 Å². The second kappa shape index (κ2) is 19.4. The van der Waals surface area contributed by atoms with Crippen molar-refractivity contribution in [1.29, 1.82) is 0 Å². The number of aliphatic hydroxyl groups excluding tert-OH is 1. The van der Waals surface area contributed by atoms with E-state index in [1.54, 1.807) is 4.90 Å². The SMILES string of the molecule is C[C@H](c1ccccc1)N1C[C@H](CN2C(=O)c3c(Cl)c(Cl)c(Cl)c(Cl)c3C2=O)CC1=O.C[C@H](c1ccccc1)N1C[C@H](CO)CC1=O.O=C1NC(=O)c2c(Cl)c(Cl)c(Cl)c(Cl)c21. The van der Waals surface area contributed by atoms with Gasteiger partial charge in [-0.25, -0.2) is 0 Å². The predicted octanol–water partition coefficient (Wildman–Crippen LogP) is 10.3. The molecule has 0 aromatic heterocycles. The van der Waals surface area contributed by atoms with Gasteiger partial charge in [-0.3, -0.25) is 39.0 Å². The summed E-state index contributed by atoms with van der Waals surface area (Å²) >= 11 is 47.5. The molecule has 0 saturated carbocycles. The number of carbonyl (C=O) groups excluding carboxylic acids is 6. The third kappa shape index (κ3) is 9.23. The number of likely N-dealkylation sites (tertiary alicyclic amines) is 2. The average Bonchev–Trinajstić information content (AvgIpc) is 3.99. The fourth-order valence-corrected chi connectivity index (χ4v) is 9.58. The van der Waals surface area contributed by atoms with Crippen molar-refractivity contribution in [2.75, 3.05) is 26.2 Å². The number of rotatable bonds is 7. The van der Waals surface area contributed by atoms with Crippen LogP contribution in [0.15, 0.2) is 60.7 Å². The number of aliphatic hydroxyl groups is 1. The van der Waals surface area contributed by atoms with Crippen LogP contribution in [0.5, 0.6) is 0 Å². The zero-order chi connectivity index (χ0) is 44.6. The number of fused-ring (bicyclic) bond motifs is 2. The normalized spacial score (nSPS) is 19.0. The first-order valence-electron chi connectivity index (χ1n) is 18.6. The average molecular weight is 990 g/mol. The number of halogens is 8.